The predicted octanol–water partition coefficient (Wildman–Crippen LogP) is 3.13. The van der Waals surface area contributed by atoms with Crippen LogP contribution in [0.5, 0.6) is 0 Å². The molecule has 3 nitrogen and oxygen atoms in total. The van der Waals surface area contributed by atoms with Crippen LogP contribution >= 0.6 is 0 Å². The number of methoxy groups -OCH3 is 1. The molecule has 0 radical (unpaired) electrons. The Kier molecular flexibility index (Phi) is 5.67. The lowest BCUT2D eigenvalue weighted by Gasteiger charge is -2.56. The standard InChI is InChI=1S/C16H31NO2/c1-4-17-14-11-15(19-13(2)12-18-3)16(14)9-7-5-6-8-10-16/h13-15,17H,4-12H2,1-3H3. The Bertz CT molecular complexity index is 261. The zero-order valence-electron chi connectivity index (χ0n) is 12.9. The van der Waals surface area contributed by atoms with Crippen molar-refractivity contribution in [2.45, 2.75) is 77.0 Å². The molecule has 1 N–H and O–H groups in total. The summed E-state index contributed by atoms with van der Waals surface area (Å²) in [4.78, 5) is 0. The summed E-state index contributed by atoms with van der Waals surface area (Å²) in [5.41, 5.74) is 0.411. The van der Waals surface area contributed by atoms with E-state index in [-0.39, 0.29) is 6.10 Å². The fraction of sp³-hybridized carbons (Fsp3) is 1.00. The molecule has 0 bridgehead atoms. The van der Waals surface area contributed by atoms with E-state index < -0.39 is 0 Å². The van der Waals surface area contributed by atoms with Crippen LogP contribution in [0, 0.1) is 5.41 Å². The summed E-state index contributed by atoms with van der Waals surface area (Å²) in [6, 6.07) is 0.676. The van der Waals surface area contributed by atoms with Gasteiger partial charge in [-0.3, -0.25) is 0 Å². The minimum atomic E-state index is 0.220. The van der Waals surface area contributed by atoms with Crippen LogP contribution in [0.3, 0.4) is 0 Å². The van der Waals surface area contributed by atoms with E-state index in [0.717, 1.165) is 6.54 Å². The summed E-state index contributed by atoms with van der Waals surface area (Å²) in [5.74, 6) is 0. The third-order valence-corrected chi connectivity index (χ3v) is 5.07. The fourth-order valence-electron chi connectivity index (χ4n) is 4.08. The molecule has 0 aliphatic heterocycles. The maximum absolute atomic E-state index is 6.29. The van der Waals surface area contributed by atoms with E-state index in [4.69, 9.17) is 9.47 Å². The van der Waals surface area contributed by atoms with E-state index in [2.05, 4.69) is 19.2 Å². The fourth-order valence-corrected chi connectivity index (χ4v) is 4.08. The number of hydrogen-bond acceptors (Lipinski definition) is 3. The highest BCUT2D eigenvalue weighted by molar-refractivity contribution is 5.08. The number of rotatable bonds is 6. The maximum atomic E-state index is 6.29. The first-order valence-electron chi connectivity index (χ1n) is 8.10. The Balaban J connectivity index is 1.98. The quantitative estimate of drug-likeness (QED) is 0.803. The Morgan fingerprint density at radius 2 is 1.89 bits per heavy atom. The van der Waals surface area contributed by atoms with Crippen LogP contribution in [-0.4, -0.2) is 38.5 Å². The van der Waals surface area contributed by atoms with Crippen LogP contribution < -0.4 is 5.32 Å². The highest BCUT2D eigenvalue weighted by atomic mass is 16.5. The van der Waals surface area contributed by atoms with Crippen LogP contribution in [-0.2, 0) is 9.47 Å². The first kappa shape index (κ1) is 15.3. The molecular weight excluding hydrogens is 238 g/mol. The van der Waals surface area contributed by atoms with Gasteiger partial charge in [-0.25, -0.2) is 0 Å². The minimum absolute atomic E-state index is 0.220. The summed E-state index contributed by atoms with van der Waals surface area (Å²) in [6.45, 7) is 6.13. The zero-order valence-corrected chi connectivity index (χ0v) is 12.9. The zero-order chi connectivity index (χ0) is 13.7. The maximum Gasteiger partial charge on any atom is 0.0784 e. The van der Waals surface area contributed by atoms with Gasteiger partial charge in [0.15, 0.2) is 0 Å². The lowest BCUT2D eigenvalue weighted by Crippen LogP contribution is -2.64. The Morgan fingerprint density at radius 1 is 1.21 bits per heavy atom. The highest BCUT2D eigenvalue weighted by Gasteiger charge is 2.55. The highest BCUT2D eigenvalue weighted by Crippen LogP contribution is 2.52. The van der Waals surface area contributed by atoms with Crippen molar-refractivity contribution in [3.8, 4) is 0 Å². The van der Waals surface area contributed by atoms with Gasteiger partial charge >= 0.3 is 0 Å². The topological polar surface area (TPSA) is 30.5 Å². The SMILES string of the molecule is CCNC1CC(OC(C)COC)C12CCCCCC2. The average Bonchev–Trinajstić information content (AvgIpc) is 2.65. The molecule has 2 saturated carbocycles. The average molecular weight is 269 g/mol. The third kappa shape index (κ3) is 3.32. The van der Waals surface area contributed by atoms with Gasteiger partial charge in [0.2, 0.25) is 0 Å². The smallest absolute Gasteiger partial charge is 0.0784 e. The van der Waals surface area contributed by atoms with Crippen molar-refractivity contribution in [3.05, 3.63) is 0 Å². The van der Waals surface area contributed by atoms with E-state index >= 15 is 0 Å². The molecule has 2 aliphatic rings. The second kappa shape index (κ2) is 7.05. The summed E-state index contributed by atoms with van der Waals surface area (Å²) < 4.78 is 11.5. The summed E-state index contributed by atoms with van der Waals surface area (Å²) in [7, 11) is 1.75. The lowest BCUT2D eigenvalue weighted by molar-refractivity contribution is -0.173. The molecule has 19 heavy (non-hydrogen) atoms. The molecule has 112 valence electrons. The van der Waals surface area contributed by atoms with Crippen molar-refractivity contribution in [1.82, 2.24) is 5.32 Å². The Hall–Kier alpha value is -0.120. The molecule has 2 rings (SSSR count). The summed E-state index contributed by atoms with van der Waals surface area (Å²) in [6.07, 6.45) is 10.1. The van der Waals surface area contributed by atoms with Crippen molar-refractivity contribution in [2.24, 2.45) is 5.41 Å². The van der Waals surface area contributed by atoms with Gasteiger partial charge in [0.05, 0.1) is 18.8 Å². The molecule has 0 heterocycles. The van der Waals surface area contributed by atoms with Crippen molar-refractivity contribution in [3.63, 3.8) is 0 Å². The lowest BCUT2D eigenvalue weighted by atomic mass is 9.57. The van der Waals surface area contributed by atoms with Crippen LogP contribution in [0.15, 0.2) is 0 Å². The second-order valence-corrected chi connectivity index (χ2v) is 6.38. The number of nitrogens with one attached hydrogen (secondary N) is 1. The molecule has 0 amide bonds. The van der Waals surface area contributed by atoms with Crippen molar-refractivity contribution >= 4 is 0 Å². The number of hydrogen-bond donors (Lipinski definition) is 1. The number of ether oxygens (including phenoxy) is 2. The molecule has 0 aromatic heterocycles. The van der Waals surface area contributed by atoms with Gasteiger partial charge in [-0.15, -0.1) is 0 Å². The molecule has 0 saturated heterocycles. The molecule has 2 fully saturated rings. The van der Waals surface area contributed by atoms with Gasteiger partial charge in [0.25, 0.3) is 0 Å². The van der Waals surface area contributed by atoms with Crippen LogP contribution in [0.2, 0.25) is 0 Å². The summed E-state index contributed by atoms with van der Waals surface area (Å²) in [5, 5.41) is 3.69. The van der Waals surface area contributed by atoms with Crippen molar-refractivity contribution < 1.29 is 9.47 Å². The third-order valence-electron chi connectivity index (χ3n) is 5.07. The van der Waals surface area contributed by atoms with E-state index in [1.807, 2.05) is 0 Å². The van der Waals surface area contributed by atoms with Gasteiger partial charge in [-0.05, 0) is 32.7 Å². The molecule has 0 aromatic rings. The normalized spacial score (nSPS) is 31.7. The molecule has 2 aliphatic carbocycles. The Morgan fingerprint density at radius 3 is 2.47 bits per heavy atom. The van der Waals surface area contributed by atoms with E-state index in [9.17, 15) is 0 Å². The van der Waals surface area contributed by atoms with Gasteiger partial charge < -0.3 is 14.8 Å². The van der Waals surface area contributed by atoms with Crippen LogP contribution in [0.1, 0.15) is 58.8 Å². The summed E-state index contributed by atoms with van der Waals surface area (Å²) >= 11 is 0. The van der Waals surface area contributed by atoms with Gasteiger partial charge in [0, 0.05) is 18.6 Å². The van der Waals surface area contributed by atoms with Gasteiger partial charge in [-0.2, -0.15) is 0 Å². The first-order valence-corrected chi connectivity index (χ1v) is 8.10. The predicted molar refractivity (Wildman–Crippen MR) is 78.4 cm³/mol. The Labute approximate surface area is 118 Å². The van der Waals surface area contributed by atoms with E-state index in [1.165, 1.54) is 44.9 Å². The first-order chi connectivity index (χ1) is 9.23. The molecule has 3 heteroatoms. The second-order valence-electron chi connectivity index (χ2n) is 6.38. The van der Waals surface area contributed by atoms with Crippen molar-refractivity contribution in [2.75, 3.05) is 20.3 Å². The van der Waals surface area contributed by atoms with E-state index in [1.54, 1.807) is 7.11 Å². The molecule has 3 atom stereocenters. The van der Waals surface area contributed by atoms with E-state index in [0.29, 0.717) is 24.2 Å². The van der Waals surface area contributed by atoms with Gasteiger partial charge in [-0.1, -0.05) is 32.6 Å². The molecule has 3 unspecified atom stereocenters. The van der Waals surface area contributed by atoms with Crippen molar-refractivity contribution in [1.29, 1.82) is 0 Å². The largest absolute Gasteiger partial charge is 0.382 e. The van der Waals surface area contributed by atoms with Gasteiger partial charge in [0.1, 0.15) is 0 Å². The molecule has 1 spiro atoms. The minimum Gasteiger partial charge on any atom is -0.382 e. The van der Waals surface area contributed by atoms with Crippen LogP contribution in [0.4, 0.5) is 0 Å². The van der Waals surface area contributed by atoms with Crippen LogP contribution in [0.25, 0.3) is 0 Å². The molecular formula is C16H31NO2. The molecule has 0 aromatic carbocycles. The monoisotopic (exact) mass is 269 g/mol.